The van der Waals surface area contributed by atoms with Crippen molar-refractivity contribution in [3.63, 3.8) is 0 Å². The molecule has 2 N–H and O–H groups in total. The van der Waals surface area contributed by atoms with Crippen molar-refractivity contribution in [1.82, 2.24) is 5.32 Å². The Bertz CT molecular complexity index is 952. The van der Waals surface area contributed by atoms with E-state index in [4.69, 9.17) is 12.2 Å². The third-order valence-electron chi connectivity index (χ3n) is 4.83. The van der Waals surface area contributed by atoms with Crippen LogP contribution in [0.1, 0.15) is 42.1 Å². The number of hydrogen-bond acceptors (Lipinski definition) is 2. The van der Waals surface area contributed by atoms with Crippen LogP contribution in [0.3, 0.4) is 0 Å². The number of benzene rings is 3. The van der Waals surface area contributed by atoms with Crippen LogP contribution in [0.2, 0.25) is 0 Å². The van der Waals surface area contributed by atoms with Gasteiger partial charge in [-0.25, -0.2) is 0 Å². The Labute approximate surface area is 171 Å². The number of amides is 1. The average molecular weight is 389 g/mol. The highest BCUT2D eigenvalue weighted by atomic mass is 32.1. The van der Waals surface area contributed by atoms with Gasteiger partial charge in [0.15, 0.2) is 5.11 Å². The molecule has 0 aliphatic carbocycles. The summed E-state index contributed by atoms with van der Waals surface area (Å²) in [5, 5.41) is 6.23. The normalized spacial score (nSPS) is 11.5. The van der Waals surface area contributed by atoms with Crippen molar-refractivity contribution in [2.75, 3.05) is 5.32 Å². The lowest BCUT2D eigenvalue weighted by Gasteiger charge is -2.17. The van der Waals surface area contributed by atoms with Crippen molar-refractivity contribution in [3.05, 3.63) is 90.0 Å². The molecule has 0 aromatic heterocycles. The summed E-state index contributed by atoms with van der Waals surface area (Å²) in [5.41, 5.74) is 4.88. The summed E-state index contributed by atoms with van der Waals surface area (Å²) in [6, 6.07) is 25.6. The number of carbonyl (C=O) groups is 1. The van der Waals surface area contributed by atoms with Gasteiger partial charge in [0.1, 0.15) is 0 Å². The number of para-hydroxylation sites is 1. The van der Waals surface area contributed by atoms with Crippen LogP contribution in [0.5, 0.6) is 0 Å². The third kappa shape index (κ3) is 4.84. The lowest BCUT2D eigenvalue weighted by molar-refractivity contribution is 0.0978. The molecule has 0 aliphatic rings. The maximum Gasteiger partial charge on any atom is 0.257 e. The van der Waals surface area contributed by atoms with Crippen molar-refractivity contribution in [2.45, 2.75) is 26.2 Å². The quantitative estimate of drug-likeness (QED) is 0.527. The van der Waals surface area contributed by atoms with Gasteiger partial charge in [0.25, 0.3) is 5.91 Å². The summed E-state index contributed by atoms with van der Waals surface area (Å²) in [6.45, 7) is 4.33. The number of thiocarbonyl (C=S) groups is 1. The van der Waals surface area contributed by atoms with Crippen molar-refractivity contribution in [2.24, 2.45) is 0 Å². The lowest BCUT2D eigenvalue weighted by atomic mass is 9.97. The molecule has 0 fully saturated rings. The fraction of sp³-hybridized carbons (Fsp3) is 0.167. The van der Waals surface area contributed by atoms with Crippen LogP contribution in [0, 0.1) is 0 Å². The molecule has 0 aliphatic heterocycles. The second-order valence-electron chi connectivity index (χ2n) is 6.75. The van der Waals surface area contributed by atoms with E-state index in [0.717, 1.165) is 23.2 Å². The number of anilines is 1. The fourth-order valence-electron chi connectivity index (χ4n) is 3.03. The number of rotatable bonds is 5. The van der Waals surface area contributed by atoms with Gasteiger partial charge in [0, 0.05) is 11.3 Å². The summed E-state index contributed by atoms with van der Waals surface area (Å²) in [5.74, 6) is 0.186. The minimum absolute atomic E-state index is 0.224. The zero-order chi connectivity index (χ0) is 19.9. The molecule has 0 saturated heterocycles. The minimum atomic E-state index is -0.224. The van der Waals surface area contributed by atoms with Crippen LogP contribution in [0.4, 0.5) is 5.69 Å². The van der Waals surface area contributed by atoms with Gasteiger partial charge in [-0.3, -0.25) is 10.1 Å². The molecule has 28 heavy (non-hydrogen) atoms. The third-order valence-corrected chi connectivity index (χ3v) is 5.04. The van der Waals surface area contributed by atoms with Crippen LogP contribution in [0.15, 0.2) is 78.9 Å². The molecule has 0 bridgehead atoms. The monoisotopic (exact) mass is 388 g/mol. The molecule has 3 rings (SSSR count). The van der Waals surface area contributed by atoms with Gasteiger partial charge in [0.05, 0.1) is 0 Å². The van der Waals surface area contributed by atoms with Crippen molar-refractivity contribution >= 4 is 28.9 Å². The van der Waals surface area contributed by atoms with Crippen LogP contribution in [0.25, 0.3) is 11.1 Å². The van der Waals surface area contributed by atoms with Crippen molar-refractivity contribution < 1.29 is 4.79 Å². The summed E-state index contributed by atoms with van der Waals surface area (Å²) in [6.07, 6.45) is 1.03. The Morgan fingerprint density at radius 1 is 0.893 bits per heavy atom. The maximum absolute atomic E-state index is 12.5. The van der Waals surface area contributed by atoms with E-state index in [1.807, 2.05) is 72.8 Å². The Kier molecular flexibility index (Phi) is 6.56. The highest BCUT2D eigenvalue weighted by Gasteiger charge is 2.12. The van der Waals surface area contributed by atoms with Crippen LogP contribution >= 0.6 is 12.2 Å². The molecule has 3 aromatic rings. The second-order valence-corrected chi connectivity index (χ2v) is 7.16. The molecule has 0 saturated carbocycles. The molecule has 0 heterocycles. The summed E-state index contributed by atoms with van der Waals surface area (Å²) in [4.78, 5) is 12.5. The SMILES string of the molecule is CC[C@H](C)c1ccccc1NC(=S)NC(=O)c1ccc(-c2ccccc2)cc1. The van der Waals surface area contributed by atoms with E-state index in [2.05, 4.69) is 30.5 Å². The highest BCUT2D eigenvalue weighted by molar-refractivity contribution is 7.80. The Morgan fingerprint density at radius 2 is 1.50 bits per heavy atom. The Hall–Kier alpha value is -2.98. The minimum Gasteiger partial charge on any atom is -0.332 e. The molecule has 0 radical (unpaired) electrons. The van der Waals surface area contributed by atoms with E-state index in [-0.39, 0.29) is 5.91 Å². The zero-order valence-corrected chi connectivity index (χ0v) is 16.9. The molecule has 0 spiro atoms. The first-order valence-corrected chi connectivity index (χ1v) is 9.86. The first kappa shape index (κ1) is 19.8. The molecular weight excluding hydrogens is 364 g/mol. The van der Waals surface area contributed by atoms with E-state index in [9.17, 15) is 4.79 Å². The first-order chi connectivity index (χ1) is 13.6. The predicted molar refractivity (Wildman–Crippen MR) is 121 cm³/mol. The smallest absolute Gasteiger partial charge is 0.257 e. The first-order valence-electron chi connectivity index (χ1n) is 9.45. The molecule has 142 valence electrons. The molecule has 1 atom stereocenters. The predicted octanol–water partition coefficient (Wildman–Crippen LogP) is 5.99. The van der Waals surface area contributed by atoms with Gasteiger partial charge in [-0.2, -0.15) is 0 Å². The highest BCUT2D eigenvalue weighted by Crippen LogP contribution is 2.26. The van der Waals surface area contributed by atoms with Gasteiger partial charge in [-0.05, 0) is 59.4 Å². The van der Waals surface area contributed by atoms with E-state index in [0.29, 0.717) is 16.6 Å². The van der Waals surface area contributed by atoms with E-state index in [1.54, 1.807) is 0 Å². The molecule has 1 amide bonds. The molecule has 4 heteroatoms. The van der Waals surface area contributed by atoms with Crippen molar-refractivity contribution in [3.8, 4) is 11.1 Å². The maximum atomic E-state index is 12.5. The van der Waals surface area contributed by atoms with Crippen LogP contribution < -0.4 is 10.6 Å². The molecule has 3 aromatic carbocycles. The van der Waals surface area contributed by atoms with Gasteiger partial charge in [-0.15, -0.1) is 0 Å². The second kappa shape index (κ2) is 9.29. The van der Waals surface area contributed by atoms with E-state index in [1.165, 1.54) is 5.56 Å². The van der Waals surface area contributed by atoms with Crippen molar-refractivity contribution in [1.29, 1.82) is 0 Å². The number of nitrogens with one attached hydrogen (secondary N) is 2. The van der Waals surface area contributed by atoms with E-state index < -0.39 is 0 Å². The summed E-state index contributed by atoms with van der Waals surface area (Å²) < 4.78 is 0. The number of carbonyl (C=O) groups excluding carboxylic acids is 1. The molecular formula is C24H24N2OS. The van der Waals surface area contributed by atoms with Gasteiger partial charge < -0.3 is 5.32 Å². The fourth-order valence-corrected chi connectivity index (χ4v) is 3.24. The lowest BCUT2D eigenvalue weighted by Crippen LogP contribution is -2.34. The Balaban J connectivity index is 1.66. The van der Waals surface area contributed by atoms with Crippen LogP contribution in [-0.2, 0) is 0 Å². The van der Waals surface area contributed by atoms with E-state index >= 15 is 0 Å². The Morgan fingerprint density at radius 3 is 2.18 bits per heavy atom. The summed E-state index contributed by atoms with van der Waals surface area (Å²) >= 11 is 5.35. The van der Waals surface area contributed by atoms with Gasteiger partial charge >= 0.3 is 0 Å². The van der Waals surface area contributed by atoms with Gasteiger partial charge in [0.2, 0.25) is 0 Å². The topological polar surface area (TPSA) is 41.1 Å². The standard InChI is InChI=1S/C24H24N2OS/c1-3-17(2)21-11-7-8-12-22(21)25-24(28)26-23(27)20-15-13-19(14-16-20)18-9-5-4-6-10-18/h4-17H,3H2,1-2H3,(H2,25,26,27,28)/t17-/m0/s1. The molecule has 3 nitrogen and oxygen atoms in total. The largest absolute Gasteiger partial charge is 0.332 e. The average Bonchev–Trinajstić information content (AvgIpc) is 2.74. The zero-order valence-electron chi connectivity index (χ0n) is 16.1. The summed E-state index contributed by atoms with van der Waals surface area (Å²) in [7, 11) is 0. The van der Waals surface area contributed by atoms with Crippen LogP contribution in [-0.4, -0.2) is 11.0 Å². The molecule has 0 unspecified atom stereocenters. The van der Waals surface area contributed by atoms with Gasteiger partial charge in [-0.1, -0.05) is 74.5 Å². The number of hydrogen-bond donors (Lipinski definition) is 2.